The van der Waals surface area contributed by atoms with Crippen LogP contribution in [0, 0.1) is 0 Å². The maximum Gasteiger partial charge on any atom is 0.152 e. The van der Waals surface area contributed by atoms with Crippen LogP contribution in [0.5, 0.6) is 5.75 Å². The minimum Gasteiger partial charge on any atom is -0.489 e. The first-order valence-corrected chi connectivity index (χ1v) is 11.2. The molecule has 32 heavy (non-hydrogen) atoms. The van der Waals surface area contributed by atoms with E-state index in [9.17, 15) is 0 Å². The van der Waals surface area contributed by atoms with Gasteiger partial charge in [0.25, 0.3) is 0 Å². The second-order valence-electron chi connectivity index (χ2n) is 8.16. The molecule has 1 aliphatic rings. The molecule has 0 unspecified atom stereocenters. The first-order valence-electron chi connectivity index (χ1n) is 11.2. The number of hydrogen-bond acceptors (Lipinski definition) is 5. The summed E-state index contributed by atoms with van der Waals surface area (Å²) in [7, 11) is 1.70. The highest BCUT2D eigenvalue weighted by Crippen LogP contribution is 2.40. The van der Waals surface area contributed by atoms with E-state index in [2.05, 4.69) is 39.0 Å². The summed E-state index contributed by atoms with van der Waals surface area (Å²) in [6.07, 6.45) is 7.51. The number of nitrogens with zero attached hydrogens (tertiary/aromatic N) is 3. The SMILES string of the molecule is COCCNc1nccn2c(C3CCC3)nc(-c3cccc(OCc4ccccc4)c3)c12. The van der Waals surface area contributed by atoms with Gasteiger partial charge in [-0.1, -0.05) is 48.9 Å². The predicted molar refractivity (Wildman–Crippen MR) is 126 cm³/mol. The lowest BCUT2D eigenvalue weighted by molar-refractivity contribution is 0.210. The van der Waals surface area contributed by atoms with E-state index in [-0.39, 0.29) is 0 Å². The standard InChI is InChI=1S/C26H28N4O2/c1-31-16-14-28-25-24-23(29-26(20-9-5-10-20)30(24)15-13-27-25)21-11-6-12-22(17-21)32-18-19-7-3-2-4-8-19/h2-4,6-8,11-13,15,17,20H,5,9-10,14,16,18H2,1H3,(H,27,28). The van der Waals surface area contributed by atoms with Gasteiger partial charge < -0.3 is 14.8 Å². The van der Waals surface area contributed by atoms with Crippen molar-refractivity contribution in [3.05, 3.63) is 78.4 Å². The Kier molecular flexibility index (Phi) is 6.03. The highest BCUT2D eigenvalue weighted by Gasteiger charge is 2.27. The van der Waals surface area contributed by atoms with Gasteiger partial charge in [-0.2, -0.15) is 0 Å². The van der Waals surface area contributed by atoms with Gasteiger partial charge in [0, 0.05) is 37.5 Å². The molecule has 164 valence electrons. The quantitative estimate of drug-likeness (QED) is 0.367. The van der Waals surface area contributed by atoms with Gasteiger partial charge in [-0.25, -0.2) is 9.97 Å². The van der Waals surface area contributed by atoms with Gasteiger partial charge >= 0.3 is 0 Å². The van der Waals surface area contributed by atoms with Gasteiger partial charge in [0.15, 0.2) is 5.82 Å². The second kappa shape index (κ2) is 9.40. The summed E-state index contributed by atoms with van der Waals surface area (Å²) in [6.45, 7) is 1.84. The van der Waals surface area contributed by atoms with E-state index in [1.54, 1.807) is 7.11 Å². The number of imidazole rings is 1. The maximum atomic E-state index is 6.08. The summed E-state index contributed by atoms with van der Waals surface area (Å²) >= 11 is 0. The fraction of sp³-hybridized carbons (Fsp3) is 0.308. The molecule has 0 radical (unpaired) electrons. The molecule has 1 fully saturated rings. The maximum absolute atomic E-state index is 6.08. The van der Waals surface area contributed by atoms with Gasteiger partial charge in [-0.15, -0.1) is 0 Å². The smallest absolute Gasteiger partial charge is 0.152 e. The van der Waals surface area contributed by atoms with Crippen molar-refractivity contribution < 1.29 is 9.47 Å². The molecule has 2 aromatic carbocycles. The van der Waals surface area contributed by atoms with Crippen LogP contribution in [0.15, 0.2) is 67.0 Å². The first kappa shape index (κ1) is 20.5. The van der Waals surface area contributed by atoms with Crippen molar-refractivity contribution in [1.82, 2.24) is 14.4 Å². The monoisotopic (exact) mass is 428 g/mol. The average molecular weight is 429 g/mol. The molecule has 0 aliphatic heterocycles. The molecule has 5 rings (SSSR count). The number of anilines is 1. The van der Waals surface area contributed by atoms with Gasteiger partial charge in [-0.05, 0) is 30.5 Å². The molecule has 1 aliphatic carbocycles. The van der Waals surface area contributed by atoms with Crippen molar-refractivity contribution in [2.75, 3.05) is 25.6 Å². The highest BCUT2D eigenvalue weighted by molar-refractivity contribution is 5.86. The summed E-state index contributed by atoms with van der Waals surface area (Å²) < 4.78 is 13.5. The highest BCUT2D eigenvalue weighted by atomic mass is 16.5. The molecular weight excluding hydrogens is 400 g/mol. The Morgan fingerprint density at radius 2 is 1.97 bits per heavy atom. The Bertz CT molecular complexity index is 1190. The third kappa shape index (κ3) is 4.18. The summed E-state index contributed by atoms with van der Waals surface area (Å²) in [5, 5.41) is 3.42. The molecule has 6 heteroatoms. The molecule has 0 amide bonds. The molecule has 1 saturated carbocycles. The van der Waals surface area contributed by atoms with E-state index in [0.717, 1.165) is 39.7 Å². The van der Waals surface area contributed by atoms with Crippen molar-refractivity contribution in [3.8, 4) is 17.0 Å². The van der Waals surface area contributed by atoms with Gasteiger partial charge in [0.2, 0.25) is 0 Å². The van der Waals surface area contributed by atoms with Crippen molar-refractivity contribution in [1.29, 1.82) is 0 Å². The second-order valence-corrected chi connectivity index (χ2v) is 8.16. The van der Waals surface area contributed by atoms with Crippen LogP contribution < -0.4 is 10.1 Å². The van der Waals surface area contributed by atoms with Crippen LogP contribution in [-0.4, -0.2) is 34.6 Å². The number of ether oxygens (including phenoxy) is 2. The summed E-state index contributed by atoms with van der Waals surface area (Å²) in [4.78, 5) is 9.75. The minimum absolute atomic E-state index is 0.503. The zero-order chi connectivity index (χ0) is 21.8. The Labute approximate surface area is 188 Å². The Morgan fingerprint density at radius 3 is 2.75 bits per heavy atom. The molecule has 0 spiro atoms. The number of rotatable bonds is 9. The fourth-order valence-electron chi connectivity index (χ4n) is 4.09. The number of hydrogen-bond donors (Lipinski definition) is 1. The van der Waals surface area contributed by atoms with Crippen LogP contribution >= 0.6 is 0 Å². The number of nitrogens with one attached hydrogen (secondary N) is 1. The van der Waals surface area contributed by atoms with Crippen LogP contribution in [0.25, 0.3) is 16.8 Å². The lowest BCUT2D eigenvalue weighted by Gasteiger charge is -2.24. The molecule has 0 atom stereocenters. The summed E-state index contributed by atoms with van der Waals surface area (Å²) in [5.74, 6) is 3.28. The zero-order valence-electron chi connectivity index (χ0n) is 18.3. The molecule has 4 aromatic rings. The van der Waals surface area contributed by atoms with Crippen LogP contribution in [0.3, 0.4) is 0 Å². The fourth-order valence-corrected chi connectivity index (χ4v) is 4.09. The third-order valence-electron chi connectivity index (χ3n) is 6.01. The van der Waals surface area contributed by atoms with Gasteiger partial charge in [0.05, 0.1) is 6.61 Å². The van der Waals surface area contributed by atoms with E-state index in [1.165, 1.54) is 19.3 Å². The van der Waals surface area contributed by atoms with Crippen LogP contribution in [0.1, 0.15) is 36.6 Å². The largest absolute Gasteiger partial charge is 0.489 e. The molecule has 2 heterocycles. The number of fused-ring (bicyclic) bond motifs is 1. The average Bonchev–Trinajstić information content (AvgIpc) is 3.18. The lowest BCUT2D eigenvalue weighted by atomic mass is 9.85. The lowest BCUT2D eigenvalue weighted by Crippen LogP contribution is -2.13. The van der Waals surface area contributed by atoms with Gasteiger partial charge in [0.1, 0.15) is 29.4 Å². The van der Waals surface area contributed by atoms with E-state index >= 15 is 0 Å². The first-order chi connectivity index (χ1) is 15.8. The zero-order valence-corrected chi connectivity index (χ0v) is 18.3. The third-order valence-corrected chi connectivity index (χ3v) is 6.01. The minimum atomic E-state index is 0.503. The number of aromatic nitrogens is 3. The van der Waals surface area contributed by atoms with E-state index < -0.39 is 0 Å². The number of methoxy groups -OCH3 is 1. The molecular formula is C26H28N4O2. The van der Waals surface area contributed by atoms with E-state index in [4.69, 9.17) is 14.5 Å². The molecule has 0 bridgehead atoms. The topological polar surface area (TPSA) is 60.7 Å². The van der Waals surface area contributed by atoms with Crippen LogP contribution in [0.4, 0.5) is 5.82 Å². The van der Waals surface area contributed by atoms with Crippen molar-refractivity contribution in [2.45, 2.75) is 31.8 Å². The van der Waals surface area contributed by atoms with Crippen molar-refractivity contribution in [3.63, 3.8) is 0 Å². The normalized spacial score (nSPS) is 13.8. The predicted octanol–water partition coefficient (Wildman–Crippen LogP) is 5.30. The summed E-state index contributed by atoms with van der Waals surface area (Å²) in [6, 6.07) is 18.4. The van der Waals surface area contributed by atoms with Gasteiger partial charge in [-0.3, -0.25) is 4.40 Å². The van der Waals surface area contributed by atoms with Crippen molar-refractivity contribution in [2.24, 2.45) is 0 Å². The Balaban J connectivity index is 1.51. The Hall–Kier alpha value is -3.38. The van der Waals surface area contributed by atoms with E-state index in [0.29, 0.717) is 25.7 Å². The molecule has 1 N–H and O–H groups in total. The number of benzene rings is 2. The van der Waals surface area contributed by atoms with Crippen molar-refractivity contribution >= 4 is 11.3 Å². The Morgan fingerprint density at radius 1 is 1.09 bits per heavy atom. The van der Waals surface area contributed by atoms with E-state index in [1.807, 2.05) is 42.7 Å². The van der Waals surface area contributed by atoms with Crippen LogP contribution in [-0.2, 0) is 11.3 Å². The van der Waals surface area contributed by atoms with Crippen LogP contribution in [0.2, 0.25) is 0 Å². The molecule has 2 aromatic heterocycles. The molecule has 0 saturated heterocycles. The summed E-state index contributed by atoms with van der Waals surface area (Å²) in [5.41, 5.74) is 4.11. The molecule has 6 nitrogen and oxygen atoms in total.